The average Bonchev–Trinajstić information content (AvgIpc) is 3.75. The second-order valence-corrected chi connectivity index (χ2v) is 18.7. The van der Waals surface area contributed by atoms with Gasteiger partial charge in [-0.2, -0.15) is 0 Å². The fourth-order valence-corrected chi connectivity index (χ4v) is 11.4. The number of rotatable bonds is 10. The fraction of sp³-hybridized carbons (Fsp3) is 0.150. The first kappa shape index (κ1) is 31.0. The predicted molar refractivity (Wildman–Crippen MR) is 201 cm³/mol. The van der Waals surface area contributed by atoms with Crippen molar-refractivity contribution in [1.29, 1.82) is 0 Å². The highest BCUT2D eigenvalue weighted by atomic mass is 32.1. The summed E-state index contributed by atoms with van der Waals surface area (Å²) in [5, 5.41) is 1.12. The molecule has 2 nitrogen and oxygen atoms in total. The molecule has 4 aromatic carbocycles. The molecule has 0 bridgehead atoms. The molecular weight excluding hydrogens is 603 g/mol. The number of nitrogens with zero attached hydrogens (tertiary/aromatic N) is 1. The van der Waals surface area contributed by atoms with Gasteiger partial charge in [0.05, 0.1) is 0 Å². The lowest BCUT2D eigenvalue weighted by molar-refractivity contribution is 0.513. The first-order valence-electron chi connectivity index (χ1n) is 15.5. The summed E-state index contributed by atoms with van der Waals surface area (Å²) in [5.74, 6) is 0. The van der Waals surface area contributed by atoms with Crippen molar-refractivity contribution in [3.8, 4) is 20.2 Å². The summed E-state index contributed by atoms with van der Waals surface area (Å²) in [7, 11) is -2.56. The van der Waals surface area contributed by atoms with E-state index in [1.807, 2.05) is 22.7 Å². The maximum atomic E-state index is 11.6. The molecule has 45 heavy (non-hydrogen) atoms. The second kappa shape index (κ2) is 13.6. The Labute approximate surface area is 276 Å². The summed E-state index contributed by atoms with van der Waals surface area (Å²) in [6.45, 7) is 8.60. The van der Waals surface area contributed by atoms with Crippen LogP contribution in [-0.2, 0) is 0 Å². The van der Waals surface area contributed by atoms with E-state index in [1.54, 1.807) is 0 Å². The molecule has 0 aliphatic heterocycles. The fourth-order valence-electron chi connectivity index (χ4n) is 5.98. The zero-order chi connectivity index (χ0) is 31.4. The van der Waals surface area contributed by atoms with E-state index in [0.717, 1.165) is 27.8 Å². The van der Waals surface area contributed by atoms with Crippen LogP contribution in [0.1, 0.15) is 38.1 Å². The Balaban J connectivity index is 1.19. The summed E-state index contributed by atoms with van der Waals surface area (Å²) in [6, 6.07) is 47.3. The largest absolute Gasteiger partial charge is 0.427 e. The van der Waals surface area contributed by atoms with Crippen LogP contribution >= 0.6 is 22.7 Å². The molecule has 0 aliphatic carbocycles. The van der Waals surface area contributed by atoms with E-state index in [0.29, 0.717) is 0 Å². The number of hydrogen-bond donors (Lipinski definition) is 1. The molecule has 0 unspecified atom stereocenters. The van der Waals surface area contributed by atoms with E-state index in [-0.39, 0.29) is 11.1 Å². The summed E-state index contributed by atoms with van der Waals surface area (Å²) < 4.78 is 0. The topological polar surface area (TPSA) is 23.5 Å². The average molecular weight is 642 g/mol. The van der Waals surface area contributed by atoms with Crippen LogP contribution in [0, 0.1) is 0 Å². The third-order valence-corrected chi connectivity index (χ3v) is 15.6. The lowest BCUT2D eigenvalue weighted by atomic mass is 10.1. The predicted octanol–water partition coefficient (Wildman–Crippen LogP) is 11.7. The van der Waals surface area contributed by atoms with Gasteiger partial charge >= 0.3 is 0 Å². The SMILES string of the molecule is CC(C)[Si](O)(c1cccc(/C=C/c2ccc(-c3ccc(-c4ccc(N(c5ccccc5)c5ccccc5)cc4)s3)s2)c1)C(C)C. The highest BCUT2D eigenvalue weighted by molar-refractivity contribution is 7.24. The molecule has 0 aliphatic rings. The number of para-hydroxylation sites is 2. The van der Waals surface area contributed by atoms with Gasteiger partial charge in [0.15, 0.2) is 0 Å². The molecule has 2 aromatic heterocycles. The van der Waals surface area contributed by atoms with Crippen molar-refractivity contribution in [1.82, 2.24) is 0 Å². The molecule has 0 saturated heterocycles. The highest BCUT2D eigenvalue weighted by Gasteiger charge is 2.40. The first-order valence-corrected chi connectivity index (χ1v) is 19.3. The van der Waals surface area contributed by atoms with Gasteiger partial charge in [0.25, 0.3) is 0 Å². The third-order valence-electron chi connectivity index (χ3n) is 8.46. The maximum Gasteiger partial charge on any atom is 0.225 e. The van der Waals surface area contributed by atoms with Crippen molar-refractivity contribution >= 4 is 65.4 Å². The van der Waals surface area contributed by atoms with Gasteiger partial charge in [-0.05, 0) is 94.1 Å². The van der Waals surface area contributed by atoms with E-state index in [4.69, 9.17) is 0 Å². The van der Waals surface area contributed by atoms with Crippen LogP contribution in [0.25, 0.3) is 32.3 Å². The number of thiophene rings is 2. The molecular formula is C40H39NOS2Si. The van der Waals surface area contributed by atoms with Crippen LogP contribution in [0.4, 0.5) is 17.1 Å². The molecule has 0 fully saturated rings. The summed E-state index contributed by atoms with van der Waals surface area (Å²) in [4.78, 5) is 18.9. The van der Waals surface area contributed by atoms with Crippen LogP contribution in [0.15, 0.2) is 133 Å². The Morgan fingerprint density at radius 3 is 1.73 bits per heavy atom. The minimum Gasteiger partial charge on any atom is -0.427 e. The van der Waals surface area contributed by atoms with Crippen molar-refractivity contribution in [2.24, 2.45) is 0 Å². The maximum absolute atomic E-state index is 11.6. The number of benzene rings is 4. The van der Waals surface area contributed by atoms with Gasteiger partial charge in [0, 0.05) is 36.6 Å². The second-order valence-electron chi connectivity index (χ2n) is 12.0. The molecule has 5 heteroatoms. The lowest BCUT2D eigenvalue weighted by Crippen LogP contribution is -2.53. The molecule has 6 aromatic rings. The standard InChI is InChI=1S/C40H39NOS2Si/c1-29(2)45(42,30(3)4)37-17-11-12-31(28-37)18-23-36-24-25-39(43-36)40-27-26-38(44-40)32-19-21-35(22-20-32)41(33-13-7-5-8-14-33)34-15-9-6-10-16-34/h5-30,42H,1-4H3/b23-18+. The van der Waals surface area contributed by atoms with Gasteiger partial charge < -0.3 is 9.70 Å². The van der Waals surface area contributed by atoms with Crippen molar-refractivity contribution in [2.75, 3.05) is 4.90 Å². The van der Waals surface area contributed by atoms with Crippen LogP contribution in [0.5, 0.6) is 0 Å². The van der Waals surface area contributed by atoms with Crippen molar-refractivity contribution in [3.63, 3.8) is 0 Å². The molecule has 2 heterocycles. The van der Waals surface area contributed by atoms with Crippen LogP contribution in [0.3, 0.4) is 0 Å². The van der Waals surface area contributed by atoms with E-state index >= 15 is 0 Å². The Morgan fingerprint density at radius 2 is 1.11 bits per heavy atom. The van der Waals surface area contributed by atoms with Gasteiger partial charge in [-0.15, -0.1) is 22.7 Å². The van der Waals surface area contributed by atoms with Gasteiger partial charge in [0.1, 0.15) is 0 Å². The Hall–Kier alpha value is -4.00. The van der Waals surface area contributed by atoms with E-state index in [1.165, 1.54) is 25.1 Å². The van der Waals surface area contributed by atoms with Gasteiger partial charge in [-0.25, -0.2) is 0 Å². The minimum absolute atomic E-state index is 0.267. The molecule has 0 saturated carbocycles. The van der Waals surface area contributed by atoms with E-state index in [9.17, 15) is 4.80 Å². The molecule has 0 atom stereocenters. The van der Waals surface area contributed by atoms with E-state index in [2.05, 4.69) is 178 Å². The third kappa shape index (κ3) is 6.68. The summed E-state index contributed by atoms with van der Waals surface area (Å²) >= 11 is 3.64. The van der Waals surface area contributed by atoms with Crippen LogP contribution in [-0.4, -0.2) is 13.1 Å². The Morgan fingerprint density at radius 1 is 0.556 bits per heavy atom. The number of anilines is 3. The molecule has 1 N–H and O–H groups in total. The van der Waals surface area contributed by atoms with Crippen molar-refractivity contribution in [2.45, 2.75) is 38.8 Å². The van der Waals surface area contributed by atoms with Gasteiger partial charge in [0.2, 0.25) is 8.32 Å². The lowest BCUT2D eigenvalue weighted by Gasteiger charge is -2.33. The smallest absolute Gasteiger partial charge is 0.225 e. The van der Waals surface area contributed by atoms with Crippen LogP contribution < -0.4 is 10.1 Å². The Kier molecular flexibility index (Phi) is 9.33. The van der Waals surface area contributed by atoms with Crippen molar-refractivity contribution in [3.05, 3.63) is 144 Å². The zero-order valence-corrected chi connectivity index (χ0v) is 28.9. The monoisotopic (exact) mass is 641 g/mol. The minimum atomic E-state index is -2.56. The number of hydrogen-bond acceptors (Lipinski definition) is 4. The van der Waals surface area contributed by atoms with Gasteiger partial charge in [-0.1, -0.05) is 107 Å². The molecule has 0 radical (unpaired) electrons. The summed E-state index contributed by atoms with van der Waals surface area (Å²) in [6.07, 6.45) is 4.36. The highest BCUT2D eigenvalue weighted by Crippen LogP contribution is 2.40. The zero-order valence-electron chi connectivity index (χ0n) is 26.2. The van der Waals surface area contributed by atoms with Crippen LogP contribution in [0.2, 0.25) is 11.1 Å². The normalized spacial score (nSPS) is 12.0. The quantitative estimate of drug-likeness (QED) is 0.150. The Bertz CT molecular complexity index is 1820. The molecule has 226 valence electrons. The van der Waals surface area contributed by atoms with Gasteiger partial charge in [-0.3, -0.25) is 0 Å². The molecule has 0 spiro atoms. The summed E-state index contributed by atoms with van der Waals surface area (Å²) in [5.41, 5.74) is 6.30. The molecule has 0 amide bonds. The van der Waals surface area contributed by atoms with Crippen molar-refractivity contribution < 1.29 is 4.80 Å². The first-order chi connectivity index (χ1) is 21.8. The molecule has 6 rings (SSSR count). The van der Waals surface area contributed by atoms with E-state index < -0.39 is 8.32 Å².